The van der Waals surface area contributed by atoms with Crippen molar-refractivity contribution in [2.24, 2.45) is 0 Å². The maximum absolute atomic E-state index is 14.0. The minimum Gasteiger partial charge on any atom is -0.333 e. The summed E-state index contributed by atoms with van der Waals surface area (Å²) in [5.74, 6) is -1.46. The topological polar surface area (TPSA) is 32.6 Å². The molecule has 0 aliphatic heterocycles. The van der Waals surface area contributed by atoms with Crippen molar-refractivity contribution < 1.29 is 13.3 Å². The molecule has 0 spiro atoms. The van der Waals surface area contributed by atoms with E-state index in [1.54, 1.807) is 0 Å². The summed E-state index contributed by atoms with van der Waals surface area (Å²) in [5.41, 5.74) is 2.78. The van der Waals surface area contributed by atoms with Gasteiger partial charge in [-0.2, -0.15) is 4.57 Å². The van der Waals surface area contributed by atoms with Crippen molar-refractivity contribution in [3.63, 3.8) is 0 Å². The van der Waals surface area contributed by atoms with Crippen LogP contribution in [0.4, 0.5) is 8.78 Å². The van der Waals surface area contributed by atoms with Crippen LogP contribution in [0.5, 0.6) is 0 Å². The Morgan fingerprint density at radius 2 is 1.84 bits per heavy atom. The minimum absolute atomic E-state index is 0.125. The van der Waals surface area contributed by atoms with E-state index in [9.17, 15) is 8.78 Å². The molecule has 2 aromatic carbocycles. The second-order valence-electron chi connectivity index (χ2n) is 5.73. The number of nitrogens with one attached hydrogen (secondary N) is 1. The quantitative estimate of drug-likeness (QED) is 0.365. The van der Waals surface area contributed by atoms with Crippen LogP contribution < -0.4 is 4.57 Å². The van der Waals surface area contributed by atoms with E-state index in [4.69, 9.17) is 0 Å². The standard InChI is InChI=1S/C19H12F2IN3/c20-15-3-1-2-14(18(15)21)19-23-16-8-9-25(11-17(16)24-19)10-12-4-6-13(22)7-5-12/h1-9,11H,10H2/p+1. The maximum Gasteiger partial charge on any atom is 0.195 e. The third-order valence-electron chi connectivity index (χ3n) is 3.97. The fourth-order valence-corrected chi connectivity index (χ4v) is 3.07. The Kier molecular flexibility index (Phi) is 4.20. The first-order chi connectivity index (χ1) is 12.1. The van der Waals surface area contributed by atoms with Crippen molar-refractivity contribution in [2.45, 2.75) is 6.54 Å². The molecule has 1 N–H and O–H groups in total. The van der Waals surface area contributed by atoms with Crippen molar-refractivity contribution in [1.82, 2.24) is 9.97 Å². The van der Waals surface area contributed by atoms with E-state index >= 15 is 0 Å². The van der Waals surface area contributed by atoms with E-state index in [1.807, 2.05) is 23.0 Å². The van der Waals surface area contributed by atoms with Gasteiger partial charge in [0.15, 0.2) is 30.6 Å². The lowest BCUT2D eigenvalue weighted by Crippen LogP contribution is -2.33. The summed E-state index contributed by atoms with van der Waals surface area (Å²) >= 11 is 2.27. The molecule has 2 aromatic heterocycles. The molecule has 0 saturated carbocycles. The van der Waals surface area contributed by atoms with E-state index in [2.05, 4.69) is 56.8 Å². The minimum atomic E-state index is -0.895. The molecule has 0 atom stereocenters. The van der Waals surface area contributed by atoms with Gasteiger partial charge in [-0.1, -0.05) is 18.2 Å². The third kappa shape index (κ3) is 3.26. The lowest BCUT2D eigenvalue weighted by atomic mass is 10.2. The van der Waals surface area contributed by atoms with Crippen molar-refractivity contribution in [3.05, 3.63) is 81.7 Å². The molecule has 25 heavy (non-hydrogen) atoms. The highest BCUT2D eigenvalue weighted by Gasteiger charge is 2.15. The largest absolute Gasteiger partial charge is 0.333 e. The van der Waals surface area contributed by atoms with Gasteiger partial charge in [0.1, 0.15) is 16.9 Å². The number of hydrogen-bond acceptors (Lipinski definition) is 1. The molecule has 0 amide bonds. The van der Waals surface area contributed by atoms with Crippen LogP contribution in [-0.2, 0) is 6.54 Å². The number of halogens is 3. The number of aromatic nitrogens is 3. The van der Waals surface area contributed by atoms with Gasteiger partial charge >= 0.3 is 0 Å². The monoisotopic (exact) mass is 448 g/mol. The fourth-order valence-electron chi connectivity index (χ4n) is 2.71. The number of imidazole rings is 1. The summed E-state index contributed by atoms with van der Waals surface area (Å²) in [5, 5.41) is 0. The lowest BCUT2D eigenvalue weighted by Gasteiger charge is -1.99. The zero-order valence-electron chi connectivity index (χ0n) is 13.0. The molecule has 0 bridgehead atoms. The molecule has 6 heteroatoms. The molecule has 2 heterocycles. The first-order valence-corrected chi connectivity index (χ1v) is 8.76. The summed E-state index contributed by atoms with van der Waals surface area (Å²) in [4.78, 5) is 7.44. The van der Waals surface area contributed by atoms with E-state index in [0.29, 0.717) is 11.3 Å². The Morgan fingerprint density at radius 3 is 2.64 bits per heavy atom. The predicted octanol–water partition coefficient (Wildman–Crippen LogP) is 4.45. The highest BCUT2D eigenvalue weighted by molar-refractivity contribution is 14.1. The van der Waals surface area contributed by atoms with Crippen LogP contribution in [0, 0.1) is 15.2 Å². The molecule has 0 aliphatic carbocycles. The lowest BCUT2D eigenvalue weighted by molar-refractivity contribution is -0.687. The van der Waals surface area contributed by atoms with Gasteiger partial charge in [0.05, 0.1) is 5.56 Å². The van der Waals surface area contributed by atoms with Crippen LogP contribution in [0.2, 0.25) is 0 Å². The molecule has 3 nitrogen and oxygen atoms in total. The summed E-state index contributed by atoms with van der Waals surface area (Å²) in [6.45, 7) is 0.718. The van der Waals surface area contributed by atoms with Crippen molar-refractivity contribution >= 4 is 33.6 Å². The first-order valence-electron chi connectivity index (χ1n) is 7.68. The molecule has 0 fully saturated rings. The van der Waals surface area contributed by atoms with Gasteiger partial charge in [-0.25, -0.2) is 13.8 Å². The maximum atomic E-state index is 14.0. The fraction of sp³-hybridized carbons (Fsp3) is 0.0526. The normalized spacial score (nSPS) is 11.2. The Morgan fingerprint density at radius 1 is 1.04 bits per heavy atom. The molecule has 4 aromatic rings. The number of fused-ring (bicyclic) bond motifs is 1. The summed E-state index contributed by atoms with van der Waals surface area (Å²) < 4.78 is 30.6. The Hall–Kier alpha value is -2.35. The van der Waals surface area contributed by atoms with Crippen LogP contribution in [0.15, 0.2) is 60.9 Å². The number of nitrogens with zero attached hydrogens (tertiary/aromatic N) is 2. The van der Waals surface area contributed by atoms with Crippen molar-refractivity contribution in [1.29, 1.82) is 0 Å². The second-order valence-corrected chi connectivity index (χ2v) is 6.97. The van der Waals surface area contributed by atoms with E-state index in [1.165, 1.54) is 21.3 Å². The Bertz CT molecular complexity index is 1060. The average molecular weight is 448 g/mol. The molecule has 0 unspecified atom stereocenters. The van der Waals surface area contributed by atoms with E-state index in [0.717, 1.165) is 18.1 Å². The van der Waals surface area contributed by atoms with Gasteiger partial charge in [0, 0.05) is 15.2 Å². The molecule has 124 valence electrons. The number of benzene rings is 2. The number of hydrogen-bond donors (Lipinski definition) is 1. The Labute approximate surface area is 156 Å². The SMILES string of the molecule is Fc1cccc(-c2nc3cc[n+](Cc4ccc(I)cc4)cc3[nH]2)c1F. The third-order valence-corrected chi connectivity index (χ3v) is 4.68. The highest BCUT2D eigenvalue weighted by Crippen LogP contribution is 2.23. The van der Waals surface area contributed by atoms with Crippen LogP contribution >= 0.6 is 22.6 Å². The summed E-state index contributed by atoms with van der Waals surface area (Å²) in [6, 6.07) is 14.2. The van der Waals surface area contributed by atoms with Gasteiger partial charge in [-0.05, 0) is 46.9 Å². The van der Waals surface area contributed by atoms with Crippen molar-refractivity contribution in [2.75, 3.05) is 0 Å². The van der Waals surface area contributed by atoms with Crippen LogP contribution in [0.3, 0.4) is 0 Å². The molecular weight excluding hydrogens is 435 g/mol. The van der Waals surface area contributed by atoms with Crippen LogP contribution in [0.25, 0.3) is 22.4 Å². The molecule has 4 rings (SSSR count). The summed E-state index contributed by atoms with van der Waals surface area (Å²) in [7, 11) is 0. The summed E-state index contributed by atoms with van der Waals surface area (Å²) in [6.07, 6.45) is 3.84. The van der Waals surface area contributed by atoms with E-state index in [-0.39, 0.29) is 5.56 Å². The smallest absolute Gasteiger partial charge is 0.195 e. The highest BCUT2D eigenvalue weighted by atomic mass is 127. The molecule has 0 saturated heterocycles. The van der Waals surface area contributed by atoms with Crippen LogP contribution in [-0.4, -0.2) is 9.97 Å². The number of pyridine rings is 1. The molecule has 0 aliphatic rings. The number of rotatable bonds is 3. The second kappa shape index (κ2) is 6.51. The zero-order chi connectivity index (χ0) is 17.4. The predicted molar refractivity (Wildman–Crippen MR) is 99.9 cm³/mol. The zero-order valence-corrected chi connectivity index (χ0v) is 15.2. The van der Waals surface area contributed by atoms with Crippen molar-refractivity contribution in [3.8, 4) is 11.4 Å². The number of aromatic amines is 1. The van der Waals surface area contributed by atoms with E-state index < -0.39 is 11.6 Å². The van der Waals surface area contributed by atoms with Gasteiger partial charge in [-0.3, -0.25) is 0 Å². The average Bonchev–Trinajstić information content (AvgIpc) is 3.02. The Balaban J connectivity index is 1.69. The molecular formula is C19H13F2IN3+. The van der Waals surface area contributed by atoms with Gasteiger partial charge in [0.25, 0.3) is 0 Å². The number of H-pyrrole nitrogens is 1. The molecule has 0 radical (unpaired) electrons. The van der Waals surface area contributed by atoms with Crippen LogP contribution in [0.1, 0.15) is 5.56 Å². The van der Waals surface area contributed by atoms with Gasteiger partial charge < -0.3 is 4.98 Å². The van der Waals surface area contributed by atoms with Gasteiger partial charge in [0.2, 0.25) is 0 Å². The van der Waals surface area contributed by atoms with Gasteiger partial charge in [-0.15, -0.1) is 0 Å². The first kappa shape index (κ1) is 16.1.